The van der Waals surface area contributed by atoms with Crippen LogP contribution in [-0.4, -0.2) is 31.8 Å². The average Bonchev–Trinajstić information content (AvgIpc) is 3.15. The second-order valence-corrected chi connectivity index (χ2v) is 9.92. The number of hydrogen-bond acceptors (Lipinski definition) is 5. The van der Waals surface area contributed by atoms with Gasteiger partial charge in [-0.05, 0) is 66.9 Å². The predicted molar refractivity (Wildman–Crippen MR) is 126 cm³/mol. The zero-order valence-corrected chi connectivity index (χ0v) is 19.2. The first kappa shape index (κ1) is 23.0. The van der Waals surface area contributed by atoms with Crippen LogP contribution in [0.4, 0.5) is 0 Å². The molecule has 0 unspecified atom stereocenters. The second-order valence-electron chi connectivity index (χ2n) is 7.98. The maximum atomic E-state index is 12.9. The Bertz CT molecular complexity index is 1150. The molecule has 1 aliphatic heterocycles. The Labute approximate surface area is 194 Å². The zero-order valence-electron chi connectivity index (χ0n) is 18.4. The largest absolute Gasteiger partial charge is 0.489 e. The van der Waals surface area contributed by atoms with Crippen molar-refractivity contribution in [3.05, 3.63) is 90.0 Å². The van der Waals surface area contributed by atoms with Crippen molar-refractivity contribution >= 4 is 16.0 Å². The minimum atomic E-state index is -3.55. The van der Waals surface area contributed by atoms with Crippen LogP contribution in [0.25, 0.3) is 0 Å². The molecule has 0 aromatic heterocycles. The predicted octanol–water partition coefficient (Wildman–Crippen LogP) is 5.05. The van der Waals surface area contributed by atoms with E-state index in [2.05, 4.69) is 0 Å². The van der Waals surface area contributed by atoms with Gasteiger partial charge in [-0.2, -0.15) is 4.31 Å². The normalized spacial score (nSPS) is 14.9. The molecule has 6 nitrogen and oxygen atoms in total. The van der Waals surface area contributed by atoms with Gasteiger partial charge in [0.15, 0.2) is 0 Å². The number of sulfonamides is 1. The summed E-state index contributed by atoms with van der Waals surface area (Å²) in [5.74, 6) is 0.502. The van der Waals surface area contributed by atoms with Gasteiger partial charge >= 0.3 is 5.97 Å². The second kappa shape index (κ2) is 10.6. The first-order chi connectivity index (χ1) is 16.0. The van der Waals surface area contributed by atoms with Crippen molar-refractivity contribution in [2.75, 3.05) is 13.1 Å². The monoisotopic (exact) mass is 465 g/mol. The maximum absolute atomic E-state index is 12.9. The topological polar surface area (TPSA) is 72.9 Å². The van der Waals surface area contributed by atoms with E-state index in [1.54, 1.807) is 24.3 Å². The molecule has 4 rings (SSSR count). The van der Waals surface area contributed by atoms with Crippen LogP contribution >= 0.6 is 0 Å². The molecule has 0 saturated carbocycles. The van der Waals surface area contributed by atoms with E-state index < -0.39 is 16.0 Å². The lowest BCUT2D eigenvalue weighted by Crippen LogP contribution is -2.31. The highest BCUT2D eigenvalue weighted by Crippen LogP contribution is 2.22. The fourth-order valence-electron chi connectivity index (χ4n) is 3.70. The molecule has 172 valence electrons. The van der Waals surface area contributed by atoms with Crippen molar-refractivity contribution in [3.8, 4) is 11.5 Å². The standard InChI is InChI=1S/C26H27NO5S/c28-26(32-24-14-12-23(13-15-24)31-20-21-8-4-3-5-9-21)22-10-16-25(17-11-22)33(29,30)27-18-6-1-2-7-19-27/h3-5,8-17H,1-2,6-7,18-20H2. The van der Waals surface area contributed by atoms with Gasteiger partial charge in [0.05, 0.1) is 10.5 Å². The molecule has 0 N–H and O–H groups in total. The number of benzene rings is 3. The Morgan fingerprint density at radius 1 is 0.758 bits per heavy atom. The van der Waals surface area contributed by atoms with E-state index in [0.29, 0.717) is 31.2 Å². The minimum Gasteiger partial charge on any atom is -0.489 e. The van der Waals surface area contributed by atoms with Gasteiger partial charge in [-0.3, -0.25) is 0 Å². The molecule has 0 amide bonds. The molecule has 0 radical (unpaired) electrons. The summed E-state index contributed by atoms with van der Waals surface area (Å²) in [6.07, 6.45) is 3.85. The quantitative estimate of drug-likeness (QED) is 0.361. The van der Waals surface area contributed by atoms with Crippen molar-refractivity contribution < 1.29 is 22.7 Å². The number of esters is 1. The highest BCUT2D eigenvalue weighted by molar-refractivity contribution is 7.89. The lowest BCUT2D eigenvalue weighted by molar-refractivity contribution is 0.0734. The summed E-state index contributed by atoms with van der Waals surface area (Å²) in [5, 5.41) is 0. The van der Waals surface area contributed by atoms with Gasteiger partial charge in [-0.1, -0.05) is 43.2 Å². The summed E-state index contributed by atoms with van der Waals surface area (Å²) in [6, 6.07) is 22.6. The van der Waals surface area contributed by atoms with Crippen LogP contribution in [0.15, 0.2) is 83.8 Å². The summed E-state index contributed by atoms with van der Waals surface area (Å²) in [6.45, 7) is 1.53. The summed E-state index contributed by atoms with van der Waals surface area (Å²) in [4.78, 5) is 12.7. The smallest absolute Gasteiger partial charge is 0.343 e. The van der Waals surface area contributed by atoms with Gasteiger partial charge in [0.2, 0.25) is 10.0 Å². The number of carbonyl (C=O) groups is 1. The summed E-state index contributed by atoms with van der Waals surface area (Å²) >= 11 is 0. The van der Waals surface area contributed by atoms with E-state index in [1.165, 1.54) is 28.6 Å². The third-order valence-electron chi connectivity index (χ3n) is 5.58. The van der Waals surface area contributed by atoms with Gasteiger partial charge in [0, 0.05) is 13.1 Å². The van der Waals surface area contributed by atoms with E-state index >= 15 is 0 Å². The van der Waals surface area contributed by atoms with Crippen LogP contribution in [0.5, 0.6) is 11.5 Å². The molecule has 7 heteroatoms. The van der Waals surface area contributed by atoms with Crippen molar-refractivity contribution in [1.29, 1.82) is 0 Å². The fourth-order valence-corrected chi connectivity index (χ4v) is 5.22. The molecule has 0 bridgehead atoms. The molecule has 1 saturated heterocycles. The molecule has 0 aliphatic carbocycles. The highest BCUT2D eigenvalue weighted by Gasteiger charge is 2.25. The van der Waals surface area contributed by atoms with Crippen molar-refractivity contribution in [2.24, 2.45) is 0 Å². The van der Waals surface area contributed by atoms with Crippen LogP contribution in [0, 0.1) is 0 Å². The van der Waals surface area contributed by atoms with Gasteiger partial charge in [-0.15, -0.1) is 0 Å². The Morgan fingerprint density at radius 3 is 2.00 bits per heavy atom. The van der Waals surface area contributed by atoms with E-state index in [4.69, 9.17) is 9.47 Å². The molecular weight excluding hydrogens is 438 g/mol. The Hall–Kier alpha value is -3.16. The van der Waals surface area contributed by atoms with Gasteiger partial charge in [0.25, 0.3) is 0 Å². The molecule has 1 aliphatic rings. The average molecular weight is 466 g/mol. The maximum Gasteiger partial charge on any atom is 0.343 e. The fraction of sp³-hybridized carbons (Fsp3) is 0.269. The van der Waals surface area contributed by atoms with Crippen LogP contribution in [0.3, 0.4) is 0 Å². The van der Waals surface area contributed by atoms with Crippen LogP contribution in [0.2, 0.25) is 0 Å². The third-order valence-corrected chi connectivity index (χ3v) is 7.49. The first-order valence-corrected chi connectivity index (χ1v) is 12.6. The number of nitrogens with zero attached hydrogens (tertiary/aromatic N) is 1. The molecule has 0 spiro atoms. The summed E-state index contributed by atoms with van der Waals surface area (Å²) in [7, 11) is -3.55. The van der Waals surface area contributed by atoms with E-state index in [1.807, 2.05) is 30.3 Å². The SMILES string of the molecule is O=C(Oc1ccc(OCc2ccccc2)cc1)c1ccc(S(=O)(=O)N2CCCCCC2)cc1. The van der Waals surface area contributed by atoms with Crippen LogP contribution in [0.1, 0.15) is 41.6 Å². The number of ether oxygens (including phenoxy) is 2. The van der Waals surface area contributed by atoms with Gasteiger partial charge in [-0.25, -0.2) is 13.2 Å². The highest BCUT2D eigenvalue weighted by atomic mass is 32.2. The number of hydrogen-bond donors (Lipinski definition) is 0. The lowest BCUT2D eigenvalue weighted by atomic mass is 10.2. The Balaban J connectivity index is 1.35. The molecule has 3 aromatic rings. The van der Waals surface area contributed by atoms with E-state index in [9.17, 15) is 13.2 Å². The van der Waals surface area contributed by atoms with Crippen LogP contribution < -0.4 is 9.47 Å². The van der Waals surface area contributed by atoms with Crippen molar-refractivity contribution in [2.45, 2.75) is 37.2 Å². The first-order valence-electron chi connectivity index (χ1n) is 11.1. The molecule has 1 heterocycles. The van der Waals surface area contributed by atoms with Gasteiger partial charge < -0.3 is 9.47 Å². The molecule has 3 aromatic carbocycles. The van der Waals surface area contributed by atoms with E-state index in [0.717, 1.165) is 31.2 Å². The zero-order chi connectivity index (χ0) is 23.1. The Kier molecular flexibility index (Phi) is 7.42. The third kappa shape index (κ3) is 6.00. The minimum absolute atomic E-state index is 0.195. The summed E-state index contributed by atoms with van der Waals surface area (Å²) < 4.78 is 38.5. The molecule has 1 fully saturated rings. The molecule has 0 atom stereocenters. The molecule has 33 heavy (non-hydrogen) atoms. The molecular formula is C26H27NO5S. The number of carbonyl (C=O) groups excluding carboxylic acids is 1. The van der Waals surface area contributed by atoms with Crippen LogP contribution in [-0.2, 0) is 16.6 Å². The Morgan fingerprint density at radius 2 is 1.36 bits per heavy atom. The van der Waals surface area contributed by atoms with E-state index in [-0.39, 0.29) is 10.5 Å². The van der Waals surface area contributed by atoms with Crippen molar-refractivity contribution in [1.82, 2.24) is 4.31 Å². The lowest BCUT2D eigenvalue weighted by Gasteiger charge is -2.20. The number of rotatable bonds is 7. The summed E-state index contributed by atoms with van der Waals surface area (Å²) in [5.41, 5.74) is 1.35. The van der Waals surface area contributed by atoms with Crippen molar-refractivity contribution in [3.63, 3.8) is 0 Å². The van der Waals surface area contributed by atoms with Gasteiger partial charge in [0.1, 0.15) is 18.1 Å².